The number of ether oxygens (including phenoxy) is 1. The number of nitrogens with one attached hydrogen (secondary N) is 2. The Kier molecular flexibility index (Phi) is 8.48. The molecule has 0 saturated heterocycles. The first-order valence-corrected chi connectivity index (χ1v) is 12.8. The molecule has 4 aromatic rings. The lowest BCUT2D eigenvalue weighted by Crippen LogP contribution is -2.29. The largest absolute Gasteiger partial charge is 0.494 e. The lowest BCUT2D eigenvalue weighted by molar-refractivity contribution is -0.116. The molecule has 0 aliphatic heterocycles. The van der Waals surface area contributed by atoms with Crippen LogP contribution in [0.25, 0.3) is 22.2 Å². The number of nitrogens with zero attached hydrogens (tertiary/aromatic N) is 5. The minimum atomic E-state index is -0.0277. The van der Waals surface area contributed by atoms with E-state index in [1.165, 1.54) is 0 Å². The zero-order valence-corrected chi connectivity index (χ0v) is 23.1. The van der Waals surface area contributed by atoms with E-state index >= 15 is 0 Å². The SMILES string of the molecule is CCCC(=O)Nc1cc(Nc2nccc(-c3cn(C)c4ccccc34)n2)c(OC)cc1N(C)CCN(C)C. The van der Waals surface area contributed by atoms with Gasteiger partial charge in [-0.25, -0.2) is 9.97 Å². The third-order valence-electron chi connectivity index (χ3n) is 6.44. The third-order valence-corrected chi connectivity index (χ3v) is 6.44. The van der Waals surface area contributed by atoms with E-state index in [1.807, 2.05) is 65.4 Å². The Morgan fingerprint density at radius 3 is 2.61 bits per heavy atom. The Labute approximate surface area is 224 Å². The van der Waals surface area contributed by atoms with Gasteiger partial charge in [0, 0.05) is 68.5 Å². The fourth-order valence-electron chi connectivity index (χ4n) is 4.40. The predicted octanol–water partition coefficient (Wildman–Crippen LogP) is 5.12. The summed E-state index contributed by atoms with van der Waals surface area (Å²) in [5.74, 6) is 1.04. The van der Waals surface area contributed by atoms with Gasteiger partial charge < -0.3 is 29.7 Å². The Balaban J connectivity index is 1.70. The normalized spacial score (nSPS) is 11.1. The first kappa shape index (κ1) is 26.9. The number of rotatable bonds is 11. The molecule has 0 fully saturated rings. The average molecular weight is 516 g/mol. The van der Waals surface area contributed by atoms with Gasteiger partial charge in [0.15, 0.2) is 0 Å². The van der Waals surface area contributed by atoms with Gasteiger partial charge in [-0.1, -0.05) is 25.1 Å². The molecule has 0 bridgehead atoms. The van der Waals surface area contributed by atoms with Crippen molar-refractivity contribution in [1.82, 2.24) is 19.4 Å². The van der Waals surface area contributed by atoms with Crippen LogP contribution < -0.4 is 20.3 Å². The molecule has 1 amide bonds. The fraction of sp³-hybridized carbons (Fsp3) is 0.345. The van der Waals surface area contributed by atoms with Crippen LogP contribution in [0, 0.1) is 0 Å². The number of anilines is 4. The summed E-state index contributed by atoms with van der Waals surface area (Å²) >= 11 is 0. The number of aryl methyl sites for hydroxylation is 1. The molecule has 38 heavy (non-hydrogen) atoms. The molecule has 2 aromatic carbocycles. The van der Waals surface area contributed by atoms with Gasteiger partial charge in [-0.05, 0) is 38.7 Å². The Hall–Kier alpha value is -4.11. The van der Waals surface area contributed by atoms with Crippen LogP contribution in [0.4, 0.5) is 23.0 Å². The van der Waals surface area contributed by atoms with Crippen LogP contribution >= 0.6 is 0 Å². The number of para-hydroxylation sites is 1. The topological polar surface area (TPSA) is 87.5 Å². The molecule has 2 aromatic heterocycles. The van der Waals surface area contributed by atoms with Crippen LogP contribution in [0.1, 0.15) is 19.8 Å². The highest BCUT2D eigenvalue weighted by molar-refractivity contribution is 5.97. The summed E-state index contributed by atoms with van der Waals surface area (Å²) in [6, 6.07) is 14.0. The number of amides is 1. The molecule has 2 N–H and O–H groups in total. The van der Waals surface area contributed by atoms with Crippen molar-refractivity contribution in [1.29, 1.82) is 0 Å². The molecular weight excluding hydrogens is 478 g/mol. The van der Waals surface area contributed by atoms with Gasteiger partial charge >= 0.3 is 0 Å². The zero-order chi connectivity index (χ0) is 27.2. The number of hydrogen-bond donors (Lipinski definition) is 2. The number of hydrogen-bond acceptors (Lipinski definition) is 7. The smallest absolute Gasteiger partial charge is 0.227 e. The maximum absolute atomic E-state index is 12.6. The summed E-state index contributed by atoms with van der Waals surface area (Å²) in [7, 11) is 9.75. The van der Waals surface area contributed by atoms with E-state index in [-0.39, 0.29) is 5.91 Å². The molecule has 0 unspecified atom stereocenters. The van der Waals surface area contributed by atoms with E-state index < -0.39 is 0 Å². The number of carbonyl (C=O) groups is 1. The number of methoxy groups -OCH3 is 1. The van der Waals surface area contributed by atoms with Gasteiger partial charge in [-0.3, -0.25) is 4.79 Å². The quantitative estimate of drug-likeness (QED) is 0.287. The highest BCUT2D eigenvalue weighted by Crippen LogP contribution is 2.38. The maximum Gasteiger partial charge on any atom is 0.227 e. The van der Waals surface area contributed by atoms with Gasteiger partial charge in [-0.15, -0.1) is 0 Å². The number of aromatic nitrogens is 3. The van der Waals surface area contributed by atoms with Crippen LogP contribution in [0.5, 0.6) is 5.75 Å². The van der Waals surface area contributed by atoms with Crippen molar-refractivity contribution in [3.05, 3.63) is 54.9 Å². The molecule has 4 rings (SSSR count). The van der Waals surface area contributed by atoms with Gasteiger partial charge in [0.25, 0.3) is 0 Å². The van der Waals surface area contributed by atoms with Crippen LogP contribution in [-0.4, -0.2) is 66.7 Å². The van der Waals surface area contributed by atoms with Crippen molar-refractivity contribution < 1.29 is 9.53 Å². The summed E-state index contributed by atoms with van der Waals surface area (Å²) in [5, 5.41) is 7.53. The number of carbonyl (C=O) groups excluding carboxylic acids is 1. The monoisotopic (exact) mass is 515 g/mol. The maximum atomic E-state index is 12.6. The molecule has 0 saturated carbocycles. The third kappa shape index (κ3) is 6.06. The molecule has 0 aliphatic rings. The highest BCUT2D eigenvalue weighted by atomic mass is 16.5. The second-order valence-electron chi connectivity index (χ2n) is 9.65. The standard InChI is InChI=1S/C29H37N7O2/c1-7-10-28(37)31-23-17-24(27(38-6)18-26(23)35(4)16-15-34(2)3)33-29-30-14-13-22(32-29)21-19-36(5)25-12-9-8-11-20(21)25/h8-9,11-14,17-19H,7,10,15-16H2,1-6H3,(H,31,37)(H,30,32,33). The minimum Gasteiger partial charge on any atom is -0.494 e. The van der Waals surface area contributed by atoms with E-state index in [0.717, 1.165) is 47.4 Å². The lowest BCUT2D eigenvalue weighted by Gasteiger charge is -2.26. The minimum absolute atomic E-state index is 0.0277. The second-order valence-corrected chi connectivity index (χ2v) is 9.65. The average Bonchev–Trinajstić information content (AvgIpc) is 3.24. The number of likely N-dealkylation sites (N-methyl/N-ethyl adjacent to an activating group) is 2. The zero-order valence-electron chi connectivity index (χ0n) is 23.1. The van der Waals surface area contributed by atoms with E-state index in [2.05, 4.69) is 48.3 Å². The van der Waals surface area contributed by atoms with Crippen LogP contribution in [-0.2, 0) is 11.8 Å². The molecule has 9 heteroatoms. The van der Waals surface area contributed by atoms with E-state index in [0.29, 0.717) is 29.5 Å². The lowest BCUT2D eigenvalue weighted by atomic mass is 10.1. The highest BCUT2D eigenvalue weighted by Gasteiger charge is 2.17. The number of fused-ring (bicyclic) bond motifs is 1. The van der Waals surface area contributed by atoms with Gasteiger partial charge in [0.1, 0.15) is 5.75 Å². The predicted molar refractivity (Wildman–Crippen MR) is 156 cm³/mol. The Morgan fingerprint density at radius 2 is 1.87 bits per heavy atom. The van der Waals surface area contributed by atoms with Crippen LogP contribution in [0.15, 0.2) is 54.9 Å². The van der Waals surface area contributed by atoms with Gasteiger partial charge in [0.05, 0.1) is 29.9 Å². The van der Waals surface area contributed by atoms with Gasteiger partial charge in [0.2, 0.25) is 11.9 Å². The fourth-order valence-corrected chi connectivity index (χ4v) is 4.40. The molecular formula is C29H37N7O2. The summed E-state index contributed by atoms with van der Waals surface area (Å²) in [6.07, 6.45) is 5.04. The first-order chi connectivity index (χ1) is 18.3. The molecule has 0 spiro atoms. The van der Waals surface area contributed by atoms with Crippen molar-refractivity contribution >= 4 is 39.8 Å². The number of benzene rings is 2. The van der Waals surface area contributed by atoms with E-state index in [1.54, 1.807) is 13.3 Å². The van der Waals surface area contributed by atoms with E-state index in [9.17, 15) is 4.79 Å². The Morgan fingerprint density at radius 1 is 1.08 bits per heavy atom. The molecule has 0 radical (unpaired) electrons. The van der Waals surface area contributed by atoms with Crippen molar-refractivity contribution in [2.24, 2.45) is 7.05 Å². The van der Waals surface area contributed by atoms with Crippen molar-refractivity contribution in [2.75, 3.05) is 56.9 Å². The molecule has 0 aliphatic carbocycles. The van der Waals surface area contributed by atoms with Gasteiger partial charge in [-0.2, -0.15) is 0 Å². The molecule has 2 heterocycles. The second kappa shape index (κ2) is 12.0. The molecule has 0 atom stereocenters. The van der Waals surface area contributed by atoms with Crippen molar-refractivity contribution in [3.8, 4) is 17.0 Å². The molecule has 200 valence electrons. The summed E-state index contributed by atoms with van der Waals surface area (Å²) in [6.45, 7) is 3.65. The Bertz CT molecular complexity index is 1410. The van der Waals surface area contributed by atoms with Crippen molar-refractivity contribution in [2.45, 2.75) is 19.8 Å². The molecule has 9 nitrogen and oxygen atoms in total. The van der Waals surface area contributed by atoms with Crippen LogP contribution in [0.3, 0.4) is 0 Å². The van der Waals surface area contributed by atoms with Crippen molar-refractivity contribution in [3.63, 3.8) is 0 Å². The van der Waals surface area contributed by atoms with Crippen LogP contribution in [0.2, 0.25) is 0 Å². The summed E-state index contributed by atoms with van der Waals surface area (Å²) < 4.78 is 7.84. The summed E-state index contributed by atoms with van der Waals surface area (Å²) in [4.78, 5) is 26.1. The van der Waals surface area contributed by atoms with E-state index in [4.69, 9.17) is 9.72 Å². The summed E-state index contributed by atoms with van der Waals surface area (Å²) in [5.41, 5.74) is 5.24. The first-order valence-electron chi connectivity index (χ1n) is 12.8.